The lowest BCUT2D eigenvalue weighted by molar-refractivity contribution is 0.0184. The first kappa shape index (κ1) is 7.53. The van der Waals surface area contributed by atoms with E-state index in [1.807, 2.05) is 0 Å². The molecular weight excluding hydrogens is 140 g/mol. The van der Waals surface area contributed by atoms with E-state index in [0.717, 1.165) is 26.1 Å². The third-order valence-electron chi connectivity index (χ3n) is 3.07. The van der Waals surface area contributed by atoms with Crippen molar-refractivity contribution in [2.45, 2.75) is 18.6 Å². The van der Waals surface area contributed by atoms with Gasteiger partial charge in [-0.05, 0) is 13.5 Å². The van der Waals surface area contributed by atoms with Gasteiger partial charge in [-0.2, -0.15) is 0 Å². The molecule has 0 bridgehead atoms. The fourth-order valence-corrected chi connectivity index (χ4v) is 2.28. The Bertz CT molecular complexity index is 135. The molecule has 2 N–H and O–H groups in total. The molecule has 0 saturated carbocycles. The van der Waals surface area contributed by atoms with Gasteiger partial charge >= 0.3 is 0 Å². The number of likely N-dealkylation sites (tertiary alicyclic amines) is 1. The Labute approximate surface area is 67.4 Å². The van der Waals surface area contributed by atoms with E-state index >= 15 is 0 Å². The second kappa shape index (κ2) is 2.73. The molecule has 11 heavy (non-hydrogen) atoms. The number of likely N-dealkylation sites (N-methyl/N-ethyl adjacent to an activating group) is 1. The van der Waals surface area contributed by atoms with E-state index in [0.29, 0.717) is 12.0 Å². The largest absolute Gasteiger partial charge is 0.393 e. The smallest absolute Gasteiger partial charge is 0.0608 e. The highest BCUT2D eigenvalue weighted by Gasteiger charge is 2.38. The molecule has 3 nitrogen and oxygen atoms in total. The first-order valence-corrected chi connectivity index (χ1v) is 4.38. The normalized spacial score (nSPS) is 45.8. The highest BCUT2D eigenvalue weighted by molar-refractivity contribution is 4.94. The molecule has 3 atom stereocenters. The number of hydrogen-bond acceptors (Lipinski definition) is 3. The van der Waals surface area contributed by atoms with Crippen LogP contribution in [0.4, 0.5) is 0 Å². The zero-order valence-electron chi connectivity index (χ0n) is 6.95. The zero-order chi connectivity index (χ0) is 7.84. The van der Waals surface area contributed by atoms with Crippen molar-refractivity contribution in [3.63, 3.8) is 0 Å². The molecule has 0 radical (unpaired) electrons. The second-order valence-corrected chi connectivity index (χ2v) is 3.73. The Morgan fingerprint density at radius 1 is 1.45 bits per heavy atom. The van der Waals surface area contributed by atoms with Gasteiger partial charge in [-0.1, -0.05) is 0 Å². The van der Waals surface area contributed by atoms with Gasteiger partial charge in [0.05, 0.1) is 6.10 Å². The fourth-order valence-electron chi connectivity index (χ4n) is 2.28. The summed E-state index contributed by atoms with van der Waals surface area (Å²) in [5, 5.41) is 13.0. The average Bonchev–Trinajstić information content (AvgIpc) is 2.45. The Morgan fingerprint density at radius 2 is 2.27 bits per heavy atom. The van der Waals surface area contributed by atoms with Crippen molar-refractivity contribution >= 4 is 0 Å². The maximum absolute atomic E-state index is 9.63. The van der Waals surface area contributed by atoms with Crippen molar-refractivity contribution in [1.29, 1.82) is 0 Å². The molecule has 2 rings (SSSR count). The van der Waals surface area contributed by atoms with E-state index in [4.69, 9.17) is 0 Å². The lowest BCUT2D eigenvalue weighted by atomic mass is 9.90. The molecule has 0 amide bonds. The number of piperidine rings is 1. The number of aliphatic hydroxyl groups excluding tert-OH is 1. The van der Waals surface area contributed by atoms with E-state index in [1.54, 1.807) is 0 Å². The number of nitrogens with zero attached hydrogens (tertiary/aromatic N) is 1. The van der Waals surface area contributed by atoms with E-state index < -0.39 is 0 Å². The van der Waals surface area contributed by atoms with Crippen LogP contribution in [-0.4, -0.2) is 48.8 Å². The summed E-state index contributed by atoms with van der Waals surface area (Å²) in [7, 11) is 2.15. The van der Waals surface area contributed by atoms with Gasteiger partial charge in [0.2, 0.25) is 0 Å². The SMILES string of the molecule is CN1CCC(O)[C@@H]2CNC[C@@H]21. The lowest BCUT2D eigenvalue weighted by Gasteiger charge is -2.37. The van der Waals surface area contributed by atoms with Gasteiger partial charge < -0.3 is 15.3 Å². The van der Waals surface area contributed by atoms with Gasteiger partial charge in [0.1, 0.15) is 0 Å². The summed E-state index contributed by atoms with van der Waals surface area (Å²) in [6.07, 6.45) is 0.880. The first-order valence-electron chi connectivity index (χ1n) is 4.38. The highest BCUT2D eigenvalue weighted by atomic mass is 16.3. The number of nitrogens with one attached hydrogen (secondary N) is 1. The number of fused-ring (bicyclic) bond motifs is 1. The van der Waals surface area contributed by atoms with Crippen LogP contribution in [0, 0.1) is 5.92 Å². The zero-order valence-corrected chi connectivity index (χ0v) is 6.95. The summed E-state index contributed by atoms with van der Waals surface area (Å²) in [6.45, 7) is 3.10. The van der Waals surface area contributed by atoms with Crippen LogP contribution in [0.25, 0.3) is 0 Å². The minimum Gasteiger partial charge on any atom is -0.393 e. The molecule has 0 aromatic carbocycles. The molecule has 2 fully saturated rings. The van der Waals surface area contributed by atoms with E-state index in [9.17, 15) is 5.11 Å². The standard InChI is InChI=1S/C8H16N2O/c1-10-3-2-8(11)6-4-9-5-7(6)10/h6-9,11H,2-5H2,1H3/t6-,7+,8?/m1/s1. The van der Waals surface area contributed by atoms with Crippen LogP contribution < -0.4 is 5.32 Å². The number of hydrogen-bond donors (Lipinski definition) is 2. The van der Waals surface area contributed by atoms with Gasteiger partial charge in [-0.25, -0.2) is 0 Å². The molecule has 2 aliphatic rings. The summed E-state index contributed by atoms with van der Waals surface area (Å²) < 4.78 is 0. The second-order valence-electron chi connectivity index (χ2n) is 3.73. The Morgan fingerprint density at radius 3 is 3.00 bits per heavy atom. The molecule has 0 aromatic heterocycles. The van der Waals surface area contributed by atoms with Crippen LogP contribution in [0.5, 0.6) is 0 Å². The third-order valence-corrected chi connectivity index (χ3v) is 3.07. The van der Waals surface area contributed by atoms with Crippen molar-refractivity contribution in [2.75, 3.05) is 26.7 Å². The third kappa shape index (κ3) is 1.17. The monoisotopic (exact) mass is 156 g/mol. The number of aliphatic hydroxyl groups is 1. The maximum Gasteiger partial charge on any atom is 0.0608 e. The van der Waals surface area contributed by atoms with Crippen LogP contribution in [-0.2, 0) is 0 Å². The summed E-state index contributed by atoms with van der Waals surface area (Å²) in [6, 6.07) is 0.582. The molecule has 3 heteroatoms. The number of rotatable bonds is 0. The molecule has 2 aliphatic heterocycles. The summed E-state index contributed by atoms with van der Waals surface area (Å²) in [5.74, 6) is 0.480. The van der Waals surface area contributed by atoms with Gasteiger partial charge in [-0.3, -0.25) is 0 Å². The van der Waals surface area contributed by atoms with E-state index in [2.05, 4.69) is 17.3 Å². The predicted octanol–water partition coefficient (Wildman–Crippen LogP) is -0.729. The minimum absolute atomic E-state index is 0.0637. The van der Waals surface area contributed by atoms with Crippen LogP contribution in [0.15, 0.2) is 0 Å². The van der Waals surface area contributed by atoms with Crippen LogP contribution >= 0.6 is 0 Å². The van der Waals surface area contributed by atoms with Crippen LogP contribution in [0.2, 0.25) is 0 Å². The van der Waals surface area contributed by atoms with Crippen molar-refractivity contribution in [3.05, 3.63) is 0 Å². The molecule has 1 unspecified atom stereocenters. The molecule has 0 aliphatic carbocycles. The summed E-state index contributed by atoms with van der Waals surface area (Å²) >= 11 is 0. The van der Waals surface area contributed by atoms with Crippen molar-refractivity contribution < 1.29 is 5.11 Å². The molecule has 0 spiro atoms. The van der Waals surface area contributed by atoms with Crippen molar-refractivity contribution in [3.8, 4) is 0 Å². The minimum atomic E-state index is -0.0637. The summed E-state index contributed by atoms with van der Waals surface area (Å²) in [5.41, 5.74) is 0. The fraction of sp³-hybridized carbons (Fsp3) is 1.00. The Balaban J connectivity index is 2.08. The average molecular weight is 156 g/mol. The molecule has 2 saturated heterocycles. The van der Waals surface area contributed by atoms with E-state index in [-0.39, 0.29) is 6.10 Å². The first-order chi connectivity index (χ1) is 5.29. The van der Waals surface area contributed by atoms with Crippen LogP contribution in [0.1, 0.15) is 6.42 Å². The molecule has 0 aromatic rings. The summed E-state index contributed by atoms with van der Waals surface area (Å²) in [4.78, 5) is 2.36. The van der Waals surface area contributed by atoms with Crippen LogP contribution in [0.3, 0.4) is 0 Å². The van der Waals surface area contributed by atoms with Gasteiger partial charge in [0.25, 0.3) is 0 Å². The predicted molar refractivity (Wildman–Crippen MR) is 43.4 cm³/mol. The molecule has 64 valence electrons. The Hall–Kier alpha value is -0.120. The highest BCUT2D eigenvalue weighted by Crippen LogP contribution is 2.25. The van der Waals surface area contributed by atoms with E-state index in [1.165, 1.54) is 0 Å². The molecular formula is C8H16N2O. The molecule has 2 heterocycles. The quantitative estimate of drug-likeness (QED) is 0.485. The van der Waals surface area contributed by atoms with Gasteiger partial charge in [0, 0.05) is 31.6 Å². The van der Waals surface area contributed by atoms with Crippen molar-refractivity contribution in [1.82, 2.24) is 10.2 Å². The topological polar surface area (TPSA) is 35.5 Å². The van der Waals surface area contributed by atoms with Gasteiger partial charge in [0.15, 0.2) is 0 Å². The maximum atomic E-state index is 9.63. The van der Waals surface area contributed by atoms with Crippen molar-refractivity contribution in [2.24, 2.45) is 5.92 Å². The Kier molecular flexibility index (Phi) is 1.87. The van der Waals surface area contributed by atoms with Gasteiger partial charge in [-0.15, -0.1) is 0 Å². The lowest BCUT2D eigenvalue weighted by Crippen LogP contribution is -2.48.